The normalized spacial score (nSPS) is 18.7. The van der Waals surface area contributed by atoms with Crippen molar-refractivity contribution in [3.05, 3.63) is 35.4 Å². The molecule has 0 spiro atoms. The molecular weight excluding hydrogens is 275 g/mol. The molecule has 4 heteroatoms. The summed E-state index contributed by atoms with van der Waals surface area (Å²) in [6, 6.07) is 7.95. The van der Waals surface area contributed by atoms with Gasteiger partial charge in [0.05, 0.1) is 0 Å². The molecule has 21 heavy (non-hydrogen) atoms. The third kappa shape index (κ3) is 5.03. The molecule has 1 aliphatic rings. The maximum atomic E-state index is 12.3. The lowest BCUT2D eigenvalue weighted by atomic mass is 9.83. The lowest BCUT2D eigenvalue weighted by Gasteiger charge is -2.23. The van der Waals surface area contributed by atoms with Gasteiger partial charge >= 0.3 is 6.18 Å². The first kappa shape index (κ1) is 16.3. The van der Waals surface area contributed by atoms with Crippen LogP contribution in [0.15, 0.2) is 24.3 Å². The quantitative estimate of drug-likeness (QED) is 0.774. The topological polar surface area (TPSA) is 12.0 Å². The van der Waals surface area contributed by atoms with Crippen LogP contribution in [0.2, 0.25) is 0 Å². The fourth-order valence-corrected chi connectivity index (χ4v) is 3.22. The van der Waals surface area contributed by atoms with Crippen molar-refractivity contribution in [1.82, 2.24) is 5.32 Å². The van der Waals surface area contributed by atoms with Crippen LogP contribution in [0.3, 0.4) is 0 Å². The molecule has 1 N–H and O–H groups in total. The van der Waals surface area contributed by atoms with Gasteiger partial charge in [-0.3, -0.25) is 0 Å². The van der Waals surface area contributed by atoms with Gasteiger partial charge in [0.2, 0.25) is 0 Å². The zero-order valence-corrected chi connectivity index (χ0v) is 12.5. The van der Waals surface area contributed by atoms with E-state index in [0.29, 0.717) is 5.92 Å². The Morgan fingerprint density at radius 1 is 1.10 bits per heavy atom. The zero-order valence-electron chi connectivity index (χ0n) is 12.5. The van der Waals surface area contributed by atoms with Crippen molar-refractivity contribution < 1.29 is 13.2 Å². The fourth-order valence-electron chi connectivity index (χ4n) is 3.22. The summed E-state index contributed by atoms with van der Waals surface area (Å²) in [7, 11) is 1.72. The summed E-state index contributed by atoms with van der Waals surface area (Å²) in [5.41, 5.74) is 2.28. The number of nitrogens with one attached hydrogen (secondary N) is 1. The summed E-state index contributed by atoms with van der Waals surface area (Å²) >= 11 is 0. The van der Waals surface area contributed by atoms with Crippen molar-refractivity contribution >= 4 is 0 Å². The molecule has 0 heterocycles. The molecule has 0 amide bonds. The summed E-state index contributed by atoms with van der Waals surface area (Å²) in [5.74, 6) is 0.635. The molecule has 118 valence electrons. The third-order valence-electron chi connectivity index (χ3n) is 4.48. The molecule has 1 aliphatic carbocycles. The summed E-state index contributed by atoms with van der Waals surface area (Å²) < 4.78 is 37.0. The Bertz CT molecular complexity index is 419. The summed E-state index contributed by atoms with van der Waals surface area (Å²) in [6.45, 7) is 0. The van der Waals surface area contributed by atoms with Crippen LogP contribution in [0.5, 0.6) is 0 Å². The SMILES string of the molecule is CNC(CCC(F)(F)F)c1ccc(C2CCCCC2)cc1. The highest BCUT2D eigenvalue weighted by Gasteiger charge is 2.28. The second kappa shape index (κ2) is 7.30. The molecule has 1 nitrogen and oxygen atoms in total. The summed E-state index contributed by atoms with van der Waals surface area (Å²) in [4.78, 5) is 0. The minimum atomic E-state index is -4.09. The van der Waals surface area contributed by atoms with Gasteiger partial charge in [-0.15, -0.1) is 0 Å². The van der Waals surface area contributed by atoms with Gasteiger partial charge in [-0.1, -0.05) is 43.5 Å². The van der Waals surface area contributed by atoms with Crippen LogP contribution in [0, 0.1) is 0 Å². The van der Waals surface area contributed by atoms with Gasteiger partial charge in [0.25, 0.3) is 0 Å². The van der Waals surface area contributed by atoms with Crippen LogP contribution in [0.1, 0.15) is 68.0 Å². The number of benzene rings is 1. The summed E-state index contributed by atoms with van der Waals surface area (Å²) in [6.07, 6.45) is 1.64. The van der Waals surface area contributed by atoms with Crippen molar-refractivity contribution in [2.45, 2.75) is 63.1 Å². The van der Waals surface area contributed by atoms with E-state index in [1.807, 2.05) is 12.1 Å². The van der Waals surface area contributed by atoms with Crippen molar-refractivity contribution in [2.75, 3.05) is 7.05 Å². The van der Waals surface area contributed by atoms with Crippen LogP contribution < -0.4 is 5.32 Å². The molecular formula is C17H24F3N. The van der Waals surface area contributed by atoms with E-state index >= 15 is 0 Å². The largest absolute Gasteiger partial charge is 0.389 e. The molecule has 0 saturated heterocycles. The standard InChI is InChI=1S/C17H24F3N/c1-21-16(11-12-17(18,19)20)15-9-7-14(8-10-15)13-5-3-2-4-6-13/h7-10,13,16,21H,2-6,11-12H2,1H3. The molecule has 1 fully saturated rings. The number of hydrogen-bond acceptors (Lipinski definition) is 1. The monoisotopic (exact) mass is 299 g/mol. The minimum Gasteiger partial charge on any atom is -0.313 e. The van der Waals surface area contributed by atoms with Crippen LogP contribution >= 0.6 is 0 Å². The highest BCUT2D eigenvalue weighted by molar-refractivity contribution is 5.27. The van der Waals surface area contributed by atoms with Crippen molar-refractivity contribution in [3.8, 4) is 0 Å². The molecule has 0 aliphatic heterocycles. The van der Waals surface area contributed by atoms with Gasteiger partial charge < -0.3 is 5.32 Å². The molecule has 2 rings (SSSR count). The molecule has 0 aromatic heterocycles. The van der Waals surface area contributed by atoms with Gasteiger partial charge in [-0.25, -0.2) is 0 Å². The number of halogens is 3. The maximum absolute atomic E-state index is 12.3. The summed E-state index contributed by atoms with van der Waals surface area (Å²) in [5, 5.41) is 2.99. The Labute approximate surface area is 124 Å². The first-order valence-corrected chi connectivity index (χ1v) is 7.83. The Morgan fingerprint density at radius 3 is 2.24 bits per heavy atom. The Balaban J connectivity index is 1.98. The predicted octanol–water partition coefficient (Wildman–Crippen LogP) is 5.34. The van der Waals surface area contributed by atoms with Crippen LogP contribution in [0.4, 0.5) is 13.2 Å². The molecule has 1 aromatic rings. The first-order valence-electron chi connectivity index (χ1n) is 7.83. The van der Waals surface area contributed by atoms with Gasteiger partial charge in [-0.05, 0) is 43.4 Å². The van der Waals surface area contributed by atoms with E-state index in [1.54, 1.807) is 7.05 Å². The van der Waals surface area contributed by atoms with Gasteiger partial charge in [0.15, 0.2) is 0 Å². The van der Waals surface area contributed by atoms with Gasteiger partial charge in [0.1, 0.15) is 0 Å². The maximum Gasteiger partial charge on any atom is 0.389 e. The Kier molecular flexibility index (Phi) is 5.68. The lowest BCUT2D eigenvalue weighted by Crippen LogP contribution is -2.19. The van der Waals surface area contributed by atoms with E-state index in [4.69, 9.17) is 0 Å². The van der Waals surface area contributed by atoms with Gasteiger partial charge in [-0.2, -0.15) is 13.2 Å². The van der Waals surface area contributed by atoms with Gasteiger partial charge in [0, 0.05) is 12.5 Å². The van der Waals surface area contributed by atoms with Crippen LogP contribution in [-0.4, -0.2) is 13.2 Å². The molecule has 0 bridgehead atoms. The molecule has 0 radical (unpaired) electrons. The second-order valence-corrected chi connectivity index (χ2v) is 6.00. The second-order valence-electron chi connectivity index (χ2n) is 6.00. The predicted molar refractivity (Wildman–Crippen MR) is 79.4 cm³/mol. The molecule has 1 saturated carbocycles. The molecule has 1 aromatic carbocycles. The number of rotatable bonds is 5. The lowest BCUT2D eigenvalue weighted by molar-refractivity contribution is -0.136. The average molecular weight is 299 g/mol. The van der Waals surface area contributed by atoms with Crippen molar-refractivity contribution in [2.24, 2.45) is 0 Å². The number of hydrogen-bond donors (Lipinski definition) is 1. The van der Waals surface area contributed by atoms with Crippen LogP contribution in [0.25, 0.3) is 0 Å². The smallest absolute Gasteiger partial charge is 0.313 e. The van der Waals surface area contributed by atoms with E-state index < -0.39 is 12.6 Å². The highest BCUT2D eigenvalue weighted by Crippen LogP contribution is 2.33. The Hall–Kier alpha value is -1.03. The van der Waals surface area contributed by atoms with E-state index in [-0.39, 0.29) is 12.5 Å². The first-order chi connectivity index (χ1) is 9.99. The van der Waals surface area contributed by atoms with E-state index in [1.165, 1.54) is 37.7 Å². The zero-order chi connectivity index (χ0) is 15.3. The van der Waals surface area contributed by atoms with Crippen molar-refractivity contribution in [1.29, 1.82) is 0 Å². The van der Waals surface area contributed by atoms with E-state index in [2.05, 4.69) is 17.4 Å². The van der Waals surface area contributed by atoms with E-state index in [0.717, 1.165) is 5.56 Å². The molecule has 1 atom stereocenters. The average Bonchev–Trinajstić information content (AvgIpc) is 2.48. The Morgan fingerprint density at radius 2 is 1.71 bits per heavy atom. The van der Waals surface area contributed by atoms with Crippen LogP contribution in [-0.2, 0) is 0 Å². The molecule has 1 unspecified atom stereocenters. The van der Waals surface area contributed by atoms with Crippen molar-refractivity contribution in [3.63, 3.8) is 0 Å². The van der Waals surface area contributed by atoms with E-state index in [9.17, 15) is 13.2 Å². The number of alkyl halides is 3. The highest BCUT2D eigenvalue weighted by atomic mass is 19.4. The third-order valence-corrected chi connectivity index (χ3v) is 4.48. The minimum absolute atomic E-state index is 0.0861. The fraction of sp³-hybridized carbons (Fsp3) is 0.647.